The van der Waals surface area contributed by atoms with Crippen LogP contribution in [0.4, 0.5) is 0 Å². The number of pyridine rings is 2. The molecule has 0 saturated carbocycles. The minimum Gasteiger partial charge on any atom is -0.283 e. The molecule has 18 heavy (non-hydrogen) atoms. The van der Waals surface area contributed by atoms with E-state index in [1.165, 1.54) is 0 Å². The zero-order chi connectivity index (χ0) is 12.5. The number of rotatable bonds is 1. The Morgan fingerprint density at radius 1 is 1.06 bits per heavy atom. The molecule has 0 N–H and O–H groups in total. The number of aryl methyl sites for hydroxylation is 1. The van der Waals surface area contributed by atoms with Crippen molar-refractivity contribution in [3.8, 4) is 5.69 Å². The lowest BCUT2D eigenvalue weighted by atomic mass is 10.1. The molecular weight excluding hydrogens is 224 g/mol. The standard InChI is InChI=1S/C15H12N2O/c1-11-7-8-15(18)17(10-11)14-6-2-5-13-12(14)4-3-9-16-13/h2-10H,1H3. The van der Waals surface area contributed by atoms with Crippen LogP contribution in [0.2, 0.25) is 0 Å². The first-order valence-corrected chi connectivity index (χ1v) is 5.79. The monoisotopic (exact) mass is 236 g/mol. The Hall–Kier alpha value is -2.42. The van der Waals surface area contributed by atoms with E-state index in [-0.39, 0.29) is 5.56 Å². The lowest BCUT2D eigenvalue weighted by Gasteiger charge is -2.09. The Balaban J connectivity index is 2.38. The number of aromatic nitrogens is 2. The van der Waals surface area contributed by atoms with Crippen LogP contribution in [0.5, 0.6) is 0 Å². The molecule has 0 atom stereocenters. The summed E-state index contributed by atoms with van der Waals surface area (Å²) in [7, 11) is 0. The highest BCUT2D eigenvalue weighted by Gasteiger charge is 2.04. The second-order valence-electron chi connectivity index (χ2n) is 4.26. The predicted molar refractivity (Wildman–Crippen MR) is 72.1 cm³/mol. The van der Waals surface area contributed by atoms with Crippen molar-refractivity contribution in [3.63, 3.8) is 0 Å². The zero-order valence-electron chi connectivity index (χ0n) is 10.00. The van der Waals surface area contributed by atoms with Crippen molar-refractivity contribution in [1.29, 1.82) is 0 Å². The van der Waals surface area contributed by atoms with Crippen LogP contribution < -0.4 is 5.56 Å². The minimum absolute atomic E-state index is 0.0306. The highest BCUT2D eigenvalue weighted by Crippen LogP contribution is 2.19. The van der Waals surface area contributed by atoms with Gasteiger partial charge in [0.05, 0.1) is 11.2 Å². The SMILES string of the molecule is Cc1ccc(=O)n(-c2cccc3ncccc23)c1. The maximum absolute atomic E-state index is 12.0. The van der Waals surface area contributed by atoms with Crippen LogP contribution in [-0.4, -0.2) is 9.55 Å². The molecule has 0 spiro atoms. The molecule has 0 bridgehead atoms. The van der Waals surface area contributed by atoms with Gasteiger partial charge in [-0.05, 0) is 36.8 Å². The van der Waals surface area contributed by atoms with Crippen LogP contribution in [0.15, 0.2) is 59.7 Å². The zero-order valence-corrected chi connectivity index (χ0v) is 10.00. The Morgan fingerprint density at radius 2 is 1.94 bits per heavy atom. The number of hydrogen-bond acceptors (Lipinski definition) is 2. The lowest BCUT2D eigenvalue weighted by molar-refractivity contribution is 0.985. The van der Waals surface area contributed by atoms with E-state index in [0.717, 1.165) is 22.2 Å². The first kappa shape index (κ1) is 10.7. The van der Waals surface area contributed by atoms with Gasteiger partial charge >= 0.3 is 0 Å². The van der Waals surface area contributed by atoms with Crippen molar-refractivity contribution in [2.45, 2.75) is 6.92 Å². The van der Waals surface area contributed by atoms with Crippen LogP contribution in [0, 0.1) is 6.92 Å². The molecule has 1 aromatic carbocycles. The Morgan fingerprint density at radius 3 is 2.83 bits per heavy atom. The van der Waals surface area contributed by atoms with Gasteiger partial charge in [-0.2, -0.15) is 0 Å². The van der Waals surface area contributed by atoms with E-state index in [9.17, 15) is 4.79 Å². The van der Waals surface area contributed by atoms with E-state index >= 15 is 0 Å². The lowest BCUT2D eigenvalue weighted by Crippen LogP contribution is -2.16. The van der Waals surface area contributed by atoms with E-state index in [0.29, 0.717) is 0 Å². The van der Waals surface area contributed by atoms with Crippen molar-refractivity contribution in [2.75, 3.05) is 0 Å². The number of hydrogen-bond donors (Lipinski definition) is 0. The van der Waals surface area contributed by atoms with Crippen molar-refractivity contribution < 1.29 is 0 Å². The van der Waals surface area contributed by atoms with E-state index in [4.69, 9.17) is 0 Å². The summed E-state index contributed by atoms with van der Waals surface area (Å²) in [5.74, 6) is 0. The number of fused-ring (bicyclic) bond motifs is 1. The fraction of sp³-hybridized carbons (Fsp3) is 0.0667. The molecule has 0 amide bonds. The minimum atomic E-state index is -0.0306. The summed E-state index contributed by atoms with van der Waals surface area (Å²) in [6.07, 6.45) is 3.61. The van der Waals surface area contributed by atoms with E-state index in [1.54, 1.807) is 16.8 Å². The first-order valence-electron chi connectivity index (χ1n) is 5.79. The smallest absolute Gasteiger partial charge is 0.255 e. The van der Waals surface area contributed by atoms with Crippen molar-refractivity contribution in [1.82, 2.24) is 9.55 Å². The van der Waals surface area contributed by atoms with E-state index in [1.807, 2.05) is 49.5 Å². The normalized spacial score (nSPS) is 10.7. The Kier molecular flexibility index (Phi) is 2.45. The van der Waals surface area contributed by atoms with Gasteiger partial charge in [0, 0.05) is 23.8 Å². The van der Waals surface area contributed by atoms with Crippen LogP contribution in [0.1, 0.15) is 5.56 Å². The average molecular weight is 236 g/mol. The predicted octanol–water partition coefficient (Wildman–Crippen LogP) is 2.69. The van der Waals surface area contributed by atoms with Gasteiger partial charge in [-0.25, -0.2) is 0 Å². The molecule has 2 aromatic heterocycles. The highest BCUT2D eigenvalue weighted by molar-refractivity contribution is 5.86. The van der Waals surface area contributed by atoms with Crippen molar-refractivity contribution in [2.24, 2.45) is 0 Å². The molecule has 0 fully saturated rings. The molecule has 0 radical (unpaired) electrons. The summed E-state index contributed by atoms with van der Waals surface area (Å²) in [6.45, 7) is 1.97. The summed E-state index contributed by atoms with van der Waals surface area (Å²) >= 11 is 0. The van der Waals surface area contributed by atoms with Gasteiger partial charge in [0.15, 0.2) is 0 Å². The average Bonchev–Trinajstić information content (AvgIpc) is 2.41. The first-order chi connectivity index (χ1) is 8.75. The molecule has 3 nitrogen and oxygen atoms in total. The second-order valence-corrected chi connectivity index (χ2v) is 4.26. The fourth-order valence-electron chi connectivity index (χ4n) is 2.08. The van der Waals surface area contributed by atoms with Crippen molar-refractivity contribution in [3.05, 3.63) is 70.8 Å². The summed E-state index contributed by atoms with van der Waals surface area (Å²) in [5, 5.41) is 0.979. The van der Waals surface area contributed by atoms with Crippen LogP contribution in [0.25, 0.3) is 16.6 Å². The van der Waals surface area contributed by atoms with Gasteiger partial charge in [0.25, 0.3) is 5.56 Å². The third-order valence-corrected chi connectivity index (χ3v) is 2.94. The van der Waals surface area contributed by atoms with Crippen LogP contribution >= 0.6 is 0 Å². The van der Waals surface area contributed by atoms with Gasteiger partial charge in [-0.3, -0.25) is 14.3 Å². The van der Waals surface area contributed by atoms with Crippen molar-refractivity contribution >= 4 is 10.9 Å². The molecule has 3 heteroatoms. The topological polar surface area (TPSA) is 34.9 Å². The molecular formula is C15H12N2O. The summed E-state index contributed by atoms with van der Waals surface area (Å²) in [6, 6.07) is 13.1. The molecule has 0 unspecified atom stereocenters. The molecule has 3 rings (SSSR count). The molecule has 0 aliphatic carbocycles. The maximum Gasteiger partial charge on any atom is 0.255 e. The fourth-order valence-corrected chi connectivity index (χ4v) is 2.08. The summed E-state index contributed by atoms with van der Waals surface area (Å²) in [4.78, 5) is 16.3. The number of benzene rings is 1. The van der Waals surface area contributed by atoms with Gasteiger partial charge in [-0.15, -0.1) is 0 Å². The van der Waals surface area contributed by atoms with Gasteiger partial charge in [-0.1, -0.05) is 12.1 Å². The molecule has 3 aromatic rings. The van der Waals surface area contributed by atoms with E-state index in [2.05, 4.69) is 4.98 Å². The Bertz CT molecular complexity index is 769. The summed E-state index contributed by atoms with van der Waals surface area (Å²) in [5.41, 5.74) is 2.78. The second kappa shape index (κ2) is 4.11. The molecule has 2 heterocycles. The van der Waals surface area contributed by atoms with Gasteiger partial charge in [0.2, 0.25) is 0 Å². The highest BCUT2D eigenvalue weighted by atomic mass is 16.1. The van der Waals surface area contributed by atoms with E-state index < -0.39 is 0 Å². The molecule has 0 aliphatic rings. The number of nitrogens with zero attached hydrogens (tertiary/aromatic N) is 2. The van der Waals surface area contributed by atoms with Crippen LogP contribution in [-0.2, 0) is 0 Å². The third-order valence-electron chi connectivity index (χ3n) is 2.94. The third kappa shape index (κ3) is 1.70. The Labute approximate surface area is 104 Å². The molecule has 0 aliphatic heterocycles. The van der Waals surface area contributed by atoms with Crippen LogP contribution in [0.3, 0.4) is 0 Å². The molecule has 0 saturated heterocycles. The quantitative estimate of drug-likeness (QED) is 0.651. The molecule has 88 valence electrons. The largest absolute Gasteiger partial charge is 0.283 e. The maximum atomic E-state index is 12.0. The summed E-state index contributed by atoms with van der Waals surface area (Å²) < 4.78 is 1.67. The van der Waals surface area contributed by atoms with Gasteiger partial charge in [0.1, 0.15) is 0 Å². The van der Waals surface area contributed by atoms with Gasteiger partial charge < -0.3 is 0 Å².